The second-order valence-corrected chi connectivity index (χ2v) is 11.2. The van der Waals surface area contributed by atoms with Crippen LogP contribution in [0.1, 0.15) is 40.1 Å². The molecule has 0 spiro atoms. The number of fused-ring (bicyclic) bond motifs is 4. The number of ether oxygens (including phenoxy) is 1. The largest absolute Gasteiger partial charge is 0.493 e. The van der Waals surface area contributed by atoms with E-state index in [1.165, 1.54) is 18.2 Å². The number of rotatable bonds is 5. The summed E-state index contributed by atoms with van der Waals surface area (Å²) in [5, 5.41) is 10.6. The van der Waals surface area contributed by atoms with Gasteiger partial charge in [-0.25, -0.2) is 37.7 Å². The first kappa shape index (κ1) is 31.2. The molecule has 0 saturated heterocycles. The van der Waals surface area contributed by atoms with E-state index in [0.717, 1.165) is 39.2 Å². The Hall–Kier alpha value is -6.43. The van der Waals surface area contributed by atoms with E-state index in [1.807, 2.05) is 69.3 Å². The van der Waals surface area contributed by atoms with Crippen molar-refractivity contribution >= 4 is 57.4 Å². The van der Waals surface area contributed by atoms with Crippen molar-refractivity contribution in [2.24, 2.45) is 0 Å². The van der Waals surface area contributed by atoms with Crippen LogP contribution in [0.15, 0.2) is 79.0 Å². The maximum Gasteiger partial charge on any atom is 0.198 e. The molecular weight excluding hydrogens is 624 g/mol. The number of aryl methyl sites for hydroxylation is 3. The van der Waals surface area contributed by atoms with Crippen LogP contribution in [0.3, 0.4) is 0 Å². The van der Waals surface area contributed by atoms with Crippen molar-refractivity contribution in [2.45, 2.75) is 20.8 Å². The number of aromatic nitrogens is 9. The van der Waals surface area contributed by atoms with Gasteiger partial charge in [0.1, 0.15) is 17.2 Å². The fourth-order valence-corrected chi connectivity index (χ4v) is 5.22. The van der Waals surface area contributed by atoms with Gasteiger partial charge in [0.05, 0.1) is 35.4 Å². The second kappa shape index (κ2) is 13.0. The molecule has 0 bridgehead atoms. The molecule has 242 valence electrons. The fraction of sp³-hybridized carbons (Fsp3) is 0.108. The molecule has 0 aliphatic heterocycles. The predicted octanol–water partition coefficient (Wildman–Crippen LogP) is 7.50. The molecule has 8 rings (SSSR count). The topological polar surface area (TPSA) is 108 Å². The highest BCUT2D eigenvalue weighted by Gasteiger charge is 2.10. The Morgan fingerprint density at radius 3 is 2.06 bits per heavy atom. The Labute approximate surface area is 279 Å². The first-order chi connectivity index (χ1) is 23.7. The molecule has 6 heterocycles. The summed E-state index contributed by atoms with van der Waals surface area (Å²) >= 11 is 0. The van der Waals surface area contributed by atoms with E-state index in [1.54, 1.807) is 52.7 Å². The number of pyridine rings is 3. The van der Waals surface area contributed by atoms with Gasteiger partial charge in [-0.1, -0.05) is 24.3 Å². The molecule has 2 aromatic carbocycles. The van der Waals surface area contributed by atoms with Gasteiger partial charge in [0.15, 0.2) is 28.7 Å². The average molecular weight is 654 g/mol. The molecule has 12 heteroatoms. The zero-order valence-electron chi connectivity index (χ0n) is 27.0. The van der Waals surface area contributed by atoms with E-state index in [4.69, 9.17) is 4.74 Å². The van der Waals surface area contributed by atoms with Gasteiger partial charge in [0, 0.05) is 28.7 Å². The summed E-state index contributed by atoms with van der Waals surface area (Å²) in [6.07, 6.45) is 8.89. The normalized spacial score (nSPS) is 11.7. The van der Waals surface area contributed by atoms with Crippen LogP contribution in [-0.2, 0) is 0 Å². The number of nitrogens with zero attached hydrogens (tertiary/aromatic N) is 9. The molecule has 6 aromatic heterocycles. The van der Waals surface area contributed by atoms with E-state index in [9.17, 15) is 8.78 Å². The van der Waals surface area contributed by atoms with E-state index < -0.39 is 0 Å². The highest BCUT2D eigenvalue weighted by Crippen LogP contribution is 2.21. The maximum absolute atomic E-state index is 13.9. The molecule has 10 nitrogen and oxygen atoms in total. The summed E-state index contributed by atoms with van der Waals surface area (Å²) in [7, 11) is 1.60. The van der Waals surface area contributed by atoms with Gasteiger partial charge in [-0.2, -0.15) is 0 Å². The monoisotopic (exact) mass is 653 g/mol. The minimum atomic E-state index is -0.334. The molecule has 0 fully saturated rings. The number of para-hydroxylation sites is 1. The third-order valence-corrected chi connectivity index (χ3v) is 7.77. The molecule has 0 unspecified atom stereocenters. The summed E-state index contributed by atoms with van der Waals surface area (Å²) in [5.41, 5.74) is 6.42. The van der Waals surface area contributed by atoms with Crippen LogP contribution >= 0.6 is 0 Å². The van der Waals surface area contributed by atoms with E-state index in [-0.39, 0.29) is 11.6 Å². The Balaban J connectivity index is 0.000000154. The zero-order chi connectivity index (χ0) is 34.1. The third kappa shape index (κ3) is 6.44. The SMILES string of the molecule is COc1ccc(C)n2nc(C=Cc3ccc4cccc(F)c4n3)nc12.Cc1ncc(C)n2nc(C=Cc3ccc4ccc(F)cc4n3)nc12. The predicted molar refractivity (Wildman–Crippen MR) is 186 cm³/mol. The summed E-state index contributed by atoms with van der Waals surface area (Å²) in [4.78, 5) is 22.0. The number of methoxy groups -OCH3 is 1. The molecule has 0 saturated carbocycles. The van der Waals surface area contributed by atoms with Crippen molar-refractivity contribution in [2.75, 3.05) is 7.11 Å². The van der Waals surface area contributed by atoms with Crippen LogP contribution in [-0.4, -0.2) is 51.3 Å². The van der Waals surface area contributed by atoms with Crippen LogP contribution in [0.2, 0.25) is 0 Å². The average Bonchev–Trinajstić information content (AvgIpc) is 3.75. The van der Waals surface area contributed by atoms with Gasteiger partial charge in [-0.05, 0) is 87.5 Å². The fourth-order valence-electron chi connectivity index (χ4n) is 5.22. The molecule has 0 N–H and O–H groups in total. The molecule has 0 aliphatic carbocycles. The highest BCUT2D eigenvalue weighted by atomic mass is 19.1. The lowest BCUT2D eigenvalue weighted by Crippen LogP contribution is -1.97. The molecule has 0 atom stereocenters. The van der Waals surface area contributed by atoms with Gasteiger partial charge >= 0.3 is 0 Å². The molecule has 0 amide bonds. The first-order valence-corrected chi connectivity index (χ1v) is 15.3. The molecule has 8 aromatic rings. The van der Waals surface area contributed by atoms with E-state index in [0.29, 0.717) is 39.8 Å². The zero-order valence-corrected chi connectivity index (χ0v) is 27.0. The minimum Gasteiger partial charge on any atom is -0.493 e. The molecule has 0 aliphatic rings. The van der Waals surface area contributed by atoms with E-state index in [2.05, 4.69) is 35.1 Å². The Morgan fingerprint density at radius 1 is 0.653 bits per heavy atom. The van der Waals surface area contributed by atoms with Gasteiger partial charge in [0.2, 0.25) is 0 Å². The van der Waals surface area contributed by atoms with Crippen LogP contribution < -0.4 is 4.74 Å². The summed E-state index contributed by atoms with van der Waals surface area (Å²) in [6, 6.07) is 20.7. The number of hydrogen-bond donors (Lipinski definition) is 0. The van der Waals surface area contributed by atoms with Crippen molar-refractivity contribution in [3.05, 3.63) is 131 Å². The lowest BCUT2D eigenvalue weighted by molar-refractivity contribution is 0.416. The Morgan fingerprint density at radius 2 is 1.33 bits per heavy atom. The molecule has 49 heavy (non-hydrogen) atoms. The lowest BCUT2D eigenvalue weighted by Gasteiger charge is -2.02. The van der Waals surface area contributed by atoms with Gasteiger partial charge in [-0.3, -0.25) is 4.98 Å². The first-order valence-electron chi connectivity index (χ1n) is 15.3. The van der Waals surface area contributed by atoms with Gasteiger partial charge in [0.25, 0.3) is 0 Å². The van der Waals surface area contributed by atoms with Crippen LogP contribution in [0.25, 0.3) is 57.4 Å². The Kier molecular flexibility index (Phi) is 8.27. The quantitative estimate of drug-likeness (QED) is 0.188. The maximum atomic E-state index is 13.9. The minimum absolute atomic E-state index is 0.295. The van der Waals surface area contributed by atoms with Crippen molar-refractivity contribution < 1.29 is 13.5 Å². The highest BCUT2D eigenvalue weighted by molar-refractivity contribution is 5.82. The lowest BCUT2D eigenvalue weighted by atomic mass is 10.2. The summed E-state index contributed by atoms with van der Waals surface area (Å²) in [5.74, 6) is 1.14. The molecule has 0 radical (unpaired) electrons. The Bertz CT molecular complexity index is 2530. The van der Waals surface area contributed by atoms with Crippen molar-refractivity contribution in [1.29, 1.82) is 0 Å². The third-order valence-electron chi connectivity index (χ3n) is 7.77. The van der Waals surface area contributed by atoms with Gasteiger partial charge in [-0.15, -0.1) is 10.2 Å². The molecular formula is C37H29F2N9O. The number of benzene rings is 2. The van der Waals surface area contributed by atoms with E-state index >= 15 is 0 Å². The standard InChI is InChI=1S/C19H15FN4O.C18H14FN5/c1-12-6-10-16(25-2)19-22-17(23-24(12)19)11-9-14-8-7-13-4-3-5-15(20)18(13)21-14;1-11-10-20-12(2)18-22-17(23-24(11)18)8-7-15-6-4-13-3-5-14(19)9-16(13)21-15/h3-11H,1-2H3;3-10H,1-2H3. The second-order valence-electron chi connectivity index (χ2n) is 11.2. The van der Waals surface area contributed by atoms with Crippen molar-refractivity contribution in [3.8, 4) is 5.75 Å². The summed E-state index contributed by atoms with van der Waals surface area (Å²) < 4.78 is 36.0. The number of hydrogen-bond acceptors (Lipinski definition) is 8. The van der Waals surface area contributed by atoms with Crippen LogP contribution in [0.4, 0.5) is 8.78 Å². The number of halogens is 2. The smallest absolute Gasteiger partial charge is 0.198 e. The van der Waals surface area contributed by atoms with Crippen molar-refractivity contribution in [3.63, 3.8) is 0 Å². The van der Waals surface area contributed by atoms with Crippen LogP contribution in [0.5, 0.6) is 5.75 Å². The van der Waals surface area contributed by atoms with Crippen molar-refractivity contribution in [1.82, 2.24) is 44.1 Å². The van der Waals surface area contributed by atoms with Gasteiger partial charge < -0.3 is 4.74 Å². The summed E-state index contributed by atoms with van der Waals surface area (Å²) in [6.45, 7) is 5.78. The van der Waals surface area contributed by atoms with Crippen LogP contribution in [0, 0.1) is 32.4 Å².